The molecule has 128 valence electrons. The van der Waals surface area contributed by atoms with E-state index in [9.17, 15) is 4.79 Å². The van der Waals surface area contributed by atoms with Gasteiger partial charge in [0.1, 0.15) is 5.82 Å². The lowest BCUT2D eigenvalue weighted by Gasteiger charge is -2.07. The highest BCUT2D eigenvalue weighted by atomic mass is 16.5. The summed E-state index contributed by atoms with van der Waals surface area (Å²) in [5.74, 6) is 0.239. The first-order chi connectivity index (χ1) is 11.8. The number of pyridine rings is 1. The molecule has 2 rings (SSSR count). The summed E-state index contributed by atoms with van der Waals surface area (Å²) in [7, 11) is 0. The molecule has 0 radical (unpaired) electrons. The third-order valence-corrected chi connectivity index (χ3v) is 3.28. The zero-order valence-electron chi connectivity index (χ0n) is 13.6. The Bertz CT molecular complexity index is 603. The fourth-order valence-corrected chi connectivity index (χ4v) is 2.00. The maximum atomic E-state index is 11.8. The summed E-state index contributed by atoms with van der Waals surface area (Å²) in [5, 5.41) is 2.81. The fraction of sp³-hybridized carbons (Fsp3) is 0.333. The first kappa shape index (κ1) is 17.9. The summed E-state index contributed by atoms with van der Waals surface area (Å²) in [6.07, 6.45) is 2.21. The molecule has 0 aliphatic heterocycles. The maximum absolute atomic E-state index is 11.8. The lowest BCUT2D eigenvalue weighted by Crippen LogP contribution is -2.25. The monoisotopic (exact) mass is 329 g/mol. The van der Waals surface area contributed by atoms with E-state index in [1.54, 1.807) is 12.1 Å². The van der Waals surface area contributed by atoms with Crippen LogP contribution in [0, 0.1) is 0 Å². The van der Waals surface area contributed by atoms with Crippen molar-refractivity contribution in [3.05, 3.63) is 59.8 Å². The standard InChI is InChI=1S/C18H23N3O3/c19-17-8-7-16(13-21-17)18(22)20-9-4-10-23-11-12-24-14-15-5-2-1-3-6-15/h1-3,5-8,13H,4,9-12,14H2,(H2,19,21)(H,20,22). The van der Waals surface area contributed by atoms with E-state index in [2.05, 4.69) is 10.3 Å². The van der Waals surface area contributed by atoms with Gasteiger partial charge in [0, 0.05) is 19.3 Å². The van der Waals surface area contributed by atoms with E-state index in [4.69, 9.17) is 15.2 Å². The SMILES string of the molecule is Nc1ccc(C(=O)NCCCOCCOCc2ccccc2)cn1. The van der Waals surface area contributed by atoms with E-state index >= 15 is 0 Å². The molecule has 0 unspecified atom stereocenters. The van der Waals surface area contributed by atoms with Gasteiger partial charge in [-0.05, 0) is 24.1 Å². The molecule has 6 heteroatoms. The van der Waals surface area contributed by atoms with Gasteiger partial charge in [0.2, 0.25) is 0 Å². The summed E-state index contributed by atoms with van der Waals surface area (Å²) in [4.78, 5) is 15.7. The Hall–Kier alpha value is -2.44. The van der Waals surface area contributed by atoms with Crippen molar-refractivity contribution in [2.45, 2.75) is 13.0 Å². The highest BCUT2D eigenvalue weighted by Gasteiger charge is 2.04. The van der Waals surface area contributed by atoms with E-state index < -0.39 is 0 Å². The molecule has 1 amide bonds. The minimum atomic E-state index is -0.159. The lowest BCUT2D eigenvalue weighted by molar-refractivity contribution is 0.0398. The van der Waals surface area contributed by atoms with Crippen LogP contribution in [0.3, 0.4) is 0 Å². The molecule has 0 aliphatic carbocycles. The Labute approximate surface area is 142 Å². The number of aromatic nitrogens is 1. The average Bonchev–Trinajstić information content (AvgIpc) is 2.61. The summed E-state index contributed by atoms with van der Waals surface area (Å²) in [6, 6.07) is 13.3. The van der Waals surface area contributed by atoms with Gasteiger partial charge in [-0.3, -0.25) is 4.79 Å². The van der Waals surface area contributed by atoms with Crippen molar-refractivity contribution in [1.82, 2.24) is 10.3 Å². The van der Waals surface area contributed by atoms with Crippen LogP contribution in [0.2, 0.25) is 0 Å². The second-order valence-electron chi connectivity index (χ2n) is 5.23. The molecular weight excluding hydrogens is 306 g/mol. The number of anilines is 1. The summed E-state index contributed by atoms with van der Waals surface area (Å²) in [5.41, 5.74) is 7.13. The summed E-state index contributed by atoms with van der Waals surface area (Å²) < 4.78 is 11.0. The number of rotatable bonds is 10. The number of nitrogens with zero attached hydrogens (tertiary/aromatic N) is 1. The number of benzene rings is 1. The first-order valence-corrected chi connectivity index (χ1v) is 7.95. The number of ether oxygens (including phenoxy) is 2. The van der Waals surface area contributed by atoms with Crippen molar-refractivity contribution in [2.24, 2.45) is 0 Å². The van der Waals surface area contributed by atoms with Crippen molar-refractivity contribution in [1.29, 1.82) is 0 Å². The van der Waals surface area contributed by atoms with Crippen molar-refractivity contribution in [3.63, 3.8) is 0 Å². The van der Waals surface area contributed by atoms with Crippen LogP contribution < -0.4 is 11.1 Å². The molecule has 24 heavy (non-hydrogen) atoms. The lowest BCUT2D eigenvalue weighted by atomic mass is 10.2. The van der Waals surface area contributed by atoms with E-state index in [0.29, 0.717) is 44.4 Å². The van der Waals surface area contributed by atoms with Gasteiger partial charge >= 0.3 is 0 Å². The zero-order chi connectivity index (χ0) is 17.0. The van der Waals surface area contributed by atoms with Crippen LogP contribution in [0.1, 0.15) is 22.3 Å². The molecular formula is C18H23N3O3. The highest BCUT2D eigenvalue weighted by molar-refractivity contribution is 5.93. The van der Waals surface area contributed by atoms with Gasteiger partial charge in [0.15, 0.2) is 0 Å². The van der Waals surface area contributed by atoms with Gasteiger partial charge in [-0.2, -0.15) is 0 Å². The normalized spacial score (nSPS) is 10.5. The van der Waals surface area contributed by atoms with Crippen LogP contribution in [-0.2, 0) is 16.1 Å². The predicted octanol–water partition coefficient (Wildman–Crippen LogP) is 2.02. The Morgan fingerprint density at radius 2 is 1.83 bits per heavy atom. The fourth-order valence-electron chi connectivity index (χ4n) is 2.00. The molecule has 0 spiro atoms. The molecule has 3 N–H and O–H groups in total. The van der Waals surface area contributed by atoms with Gasteiger partial charge < -0.3 is 20.5 Å². The second kappa shape index (κ2) is 10.4. The topological polar surface area (TPSA) is 86.5 Å². The largest absolute Gasteiger partial charge is 0.384 e. The second-order valence-corrected chi connectivity index (χ2v) is 5.23. The molecule has 0 bridgehead atoms. The van der Waals surface area contributed by atoms with Gasteiger partial charge in [0.05, 0.1) is 25.4 Å². The van der Waals surface area contributed by atoms with Gasteiger partial charge in [-0.1, -0.05) is 30.3 Å². The number of amides is 1. The van der Waals surface area contributed by atoms with Crippen LogP contribution in [0.5, 0.6) is 0 Å². The van der Waals surface area contributed by atoms with Gasteiger partial charge in [0.25, 0.3) is 5.91 Å². The number of nitrogens with one attached hydrogen (secondary N) is 1. The van der Waals surface area contributed by atoms with Crippen molar-refractivity contribution >= 4 is 11.7 Å². The Balaban J connectivity index is 1.45. The first-order valence-electron chi connectivity index (χ1n) is 7.95. The molecule has 0 saturated heterocycles. The third kappa shape index (κ3) is 6.76. The average molecular weight is 329 g/mol. The smallest absolute Gasteiger partial charge is 0.252 e. The quantitative estimate of drug-likeness (QED) is 0.651. The molecule has 2 aromatic rings. The molecule has 0 fully saturated rings. The van der Waals surface area contributed by atoms with Crippen LogP contribution in [0.4, 0.5) is 5.82 Å². The Kier molecular flexibility index (Phi) is 7.73. The van der Waals surface area contributed by atoms with Crippen molar-refractivity contribution in [3.8, 4) is 0 Å². The molecule has 1 aromatic carbocycles. The molecule has 0 saturated carbocycles. The molecule has 1 aromatic heterocycles. The Morgan fingerprint density at radius 3 is 2.58 bits per heavy atom. The summed E-state index contributed by atoms with van der Waals surface area (Å²) >= 11 is 0. The minimum Gasteiger partial charge on any atom is -0.384 e. The third-order valence-electron chi connectivity index (χ3n) is 3.28. The number of carbonyl (C=O) groups is 1. The molecule has 0 aliphatic rings. The van der Waals surface area contributed by atoms with E-state index in [0.717, 1.165) is 12.0 Å². The molecule has 6 nitrogen and oxygen atoms in total. The number of nitrogens with two attached hydrogens (primary N) is 1. The summed E-state index contributed by atoms with van der Waals surface area (Å²) in [6.45, 7) is 2.82. The minimum absolute atomic E-state index is 0.159. The van der Waals surface area contributed by atoms with Crippen LogP contribution >= 0.6 is 0 Å². The van der Waals surface area contributed by atoms with Gasteiger partial charge in [-0.25, -0.2) is 4.98 Å². The van der Waals surface area contributed by atoms with E-state index in [-0.39, 0.29) is 5.91 Å². The highest BCUT2D eigenvalue weighted by Crippen LogP contribution is 2.01. The van der Waals surface area contributed by atoms with E-state index in [1.807, 2.05) is 30.3 Å². The number of carbonyl (C=O) groups excluding carboxylic acids is 1. The zero-order valence-corrected chi connectivity index (χ0v) is 13.6. The maximum Gasteiger partial charge on any atom is 0.252 e. The molecule has 1 heterocycles. The number of hydrogen-bond donors (Lipinski definition) is 2. The Morgan fingerprint density at radius 1 is 1.04 bits per heavy atom. The van der Waals surface area contributed by atoms with E-state index in [1.165, 1.54) is 6.20 Å². The van der Waals surface area contributed by atoms with Crippen LogP contribution in [0.15, 0.2) is 48.7 Å². The predicted molar refractivity (Wildman–Crippen MR) is 92.5 cm³/mol. The van der Waals surface area contributed by atoms with Crippen molar-refractivity contribution < 1.29 is 14.3 Å². The number of nitrogen functional groups attached to an aromatic ring is 1. The van der Waals surface area contributed by atoms with Crippen LogP contribution in [-0.4, -0.2) is 37.3 Å². The van der Waals surface area contributed by atoms with Crippen LogP contribution in [0.25, 0.3) is 0 Å². The van der Waals surface area contributed by atoms with Gasteiger partial charge in [-0.15, -0.1) is 0 Å². The number of hydrogen-bond acceptors (Lipinski definition) is 5. The molecule has 0 atom stereocenters. The van der Waals surface area contributed by atoms with Crippen molar-refractivity contribution in [2.75, 3.05) is 32.1 Å².